The summed E-state index contributed by atoms with van der Waals surface area (Å²) in [6.45, 7) is 4.14. The van der Waals surface area contributed by atoms with Gasteiger partial charge in [-0.2, -0.15) is 10.2 Å². The van der Waals surface area contributed by atoms with Crippen molar-refractivity contribution < 1.29 is 4.48 Å². The second-order valence-corrected chi connectivity index (χ2v) is 3.26. The van der Waals surface area contributed by atoms with Gasteiger partial charge >= 0.3 is 0 Å². The Morgan fingerprint density at radius 3 is 2.64 bits per heavy atom. The van der Waals surface area contributed by atoms with E-state index in [1.807, 2.05) is 0 Å². The third-order valence-corrected chi connectivity index (χ3v) is 1.74. The molecule has 11 heavy (non-hydrogen) atoms. The summed E-state index contributed by atoms with van der Waals surface area (Å²) in [6, 6.07) is 0. The molecule has 0 bridgehead atoms. The van der Waals surface area contributed by atoms with Gasteiger partial charge in [0.25, 0.3) is 0 Å². The van der Waals surface area contributed by atoms with E-state index < -0.39 is 0 Å². The predicted octanol–water partition coefficient (Wildman–Crippen LogP) is 1.43. The fourth-order valence-corrected chi connectivity index (χ4v) is 1.12. The molecule has 0 aromatic carbocycles. The smallest absolute Gasteiger partial charge is 0.149 e. The quantitative estimate of drug-likeness (QED) is 0.568. The Kier molecular flexibility index (Phi) is 2.31. The molecule has 64 valence electrons. The van der Waals surface area contributed by atoms with E-state index in [0.29, 0.717) is 11.0 Å². The number of hydrazone groups is 1. The third-order valence-electron chi connectivity index (χ3n) is 1.74. The van der Waals surface area contributed by atoms with Gasteiger partial charge in [-0.05, 0) is 12.3 Å². The van der Waals surface area contributed by atoms with Crippen LogP contribution in [-0.2, 0) is 0 Å². The normalized spacial score (nSPS) is 23.9. The van der Waals surface area contributed by atoms with Crippen molar-refractivity contribution in [2.24, 2.45) is 11.0 Å². The van der Waals surface area contributed by atoms with E-state index in [1.54, 1.807) is 12.1 Å². The average Bonchev–Trinajstić information content (AvgIpc) is 2.18. The number of halogens is 1. The zero-order chi connectivity index (χ0) is 8.43. The summed E-state index contributed by atoms with van der Waals surface area (Å²) in [5.41, 5.74) is 0. The third kappa shape index (κ3) is 1.82. The molecule has 1 atom stereocenters. The minimum atomic E-state index is -0.199. The van der Waals surface area contributed by atoms with Gasteiger partial charge in [-0.15, -0.1) is 0 Å². The van der Waals surface area contributed by atoms with E-state index in [-0.39, 0.29) is 6.17 Å². The van der Waals surface area contributed by atoms with Gasteiger partial charge in [0.1, 0.15) is 12.5 Å². The van der Waals surface area contributed by atoms with Crippen molar-refractivity contribution in [1.29, 1.82) is 0 Å². The van der Waals surface area contributed by atoms with Crippen LogP contribution in [0, 0.1) is 5.92 Å². The maximum atomic E-state index is 12.8. The molecule has 1 heterocycles. The first kappa shape index (κ1) is 8.30. The lowest BCUT2D eigenvalue weighted by Gasteiger charge is -2.22. The van der Waals surface area contributed by atoms with Crippen molar-refractivity contribution in [1.82, 2.24) is 10.1 Å². The average molecular weight is 159 g/mol. The van der Waals surface area contributed by atoms with Gasteiger partial charge in [-0.25, -0.2) is 0 Å². The van der Waals surface area contributed by atoms with E-state index in [9.17, 15) is 4.48 Å². The van der Waals surface area contributed by atoms with Crippen LogP contribution in [0.1, 0.15) is 20.3 Å². The Bertz CT molecular complexity index is 146. The van der Waals surface area contributed by atoms with Gasteiger partial charge in [0.2, 0.25) is 0 Å². The zero-order valence-corrected chi connectivity index (χ0v) is 7.16. The summed E-state index contributed by atoms with van der Waals surface area (Å²) in [5.74, 6) is 0.488. The lowest BCUT2D eigenvalue weighted by atomic mass is 10.1. The standard InChI is InChI=1S/C7H14FN3/c1-6(2)4-7-10(3)9-5-11(7)8/h5-7H,4H2,1-3H3. The Hall–Kier alpha value is -0.800. The summed E-state index contributed by atoms with van der Waals surface area (Å²) < 4.78 is 12.8. The van der Waals surface area contributed by atoms with E-state index >= 15 is 0 Å². The van der Waals surface area contributed by atoms with E-state index in [1.165, 1.54) is 6.34 Å². The molecule has 0 spiro atoms. The molecule has 3 nitrogen and oxygen atoms in total. The van der Waals surface area contributed by atoms with Gasteiger partial charge in [-0.1, -0.05) is 18.3 Å². The molecule has 1 unspecified atom stereocenters. The molecular weight excluding hydrogens is 145 g/mol. The molecule has 0 saturated carbocycles. The van der Waals surface area contributed by atoms with Crippen LogP contribution < -0.4 is 0 Å². The summed E-state index contributed by atoms with van der Waals surface area (Å²) in [5, 5.41) is 6.10. The van der Waals surface area contributed by atoms with E-state index in [4.69, 9.17) is 0 Å². The van der Waals surface area contributed by atoms with Crippen LogP contribution in [0.25, 0.3) is 0 Å². The van der Waals surface area contributed by atoms with Crippen molar-refractivity contribution >= 4 is 6.34 Å². The number of nitrogens with zero attached hydrogens (tertiary/aromatic N) is 3. The number of rotatable bonds is 2. The molecule has 1 aliphatic rings. The van der Waals surface area contributed by atoms with Crippen LogP contribution >= 0.6 is 0 Å². The molecule has 1 aliphatic heterocycles. The molecule has 0 fully saturated rings. The van der Waals surface area contributed by atoms with Gasteiger partial charge in [0.05, 0.1) is 0 Å². The molecule has 1 rings (SSSR count). The van der Waals surface area contributed by atoms with Crippen LogP contribution in [0.5, 0.6) is 0 Å². The highest BCUT2D eigenvalue weighted by Crippen LogP contribution is 2.17. The van der Waals surface area contributed by atoms with E-state index in [2.05, 4.69) is 18.9 Å². The van der Waals surface area contributed by atoms with Crippen LogP contribution in [0.2, 0.25) is 0 Å². The van der Waals surface area contributed by atoms with Gasteiger partial charge < -0.3 is 0 Å². The molecule has 0 amide bonds. The van der Waals surface area contributed by atoms with Gasteiger partial charge in [0, 0.05) is 7.05 Å². The number of hydrogen-bond donors (Lipinski definition) is 0. The molecule has 0 radical (unpaired) electrons. The monoisotopic (exact) mass is 159 g/mol. The predicted molar refractivity (Wildman–Crippen MR) is 42.4 cm³/mol. The minimum absolute atomic E-state index is 0.199. The second kappa shape index (κ2) is 3.07. The van der Waals surface area contributed by atoms with Crippen LogP contribution in [0.3, 0.4) is 0 Å². The highest BCUT2D eigenvalue weighted by Gasteiger charge is 2.25. The summed E-state index contributed by atoms with van der Waals surface area (Å²) in [7, 11) is 1.78. The fourth-order valence-electron chi connectivity index (χ4n) is 1.12. The first-order valence-electron chi connectivity index (χ1n) is 3.82. The maximum Gasteiger partial charge on any atom is 0.149 e. The topological polar surface area (TPSA) is 18.8 Å². The Morgan fingerprint density at radius 1 is 1.64 bits per heavy atom. The lowest BCUT2D eigenvalue weighted by molar-refractivity contribution is 0.00487. The van der Waals surface area contributed by atoms with Crippen LogP contribution in [-0.4, -0.2) is 29.7 Å². The molecule has 0 aromatic rings. The highest BCUT2D eigenvalue weighted by molar-refractivity contribution is 5.55. The zero-order valence-electron chi connectivity index (χ0n) is 7.16. The molecule has 0 saturated heterocycles. The second-order valence-electron chi connectivity index (χ2n) is 3.26. The molecule has 4 heteroatoms. The van der Waals surface area contributed by atoms with Crippen molar-refractivity contribution in [2.75, 3.05) is 7.05 Å². The molecule has 0 aliphatic carbocycles. The van der Waals surface area contributed by atoms with Crippen molar-refractivity contribution in [3.05, 3.63) is 0 Å². The van der Waals surface area contributed by atoms with Gasteiger partial charge in [-0.3, -0.25) is 5.01 Å². The summed E-state index contributed by atoms with van der Waals surface area (Å²) in [6.07, 6.45) is 1.81. The summed E-state index contributed by atoms with van der Waals surface area (Å²) >= 11 is 0. The van der Waals surface area contributed by atoms with Crippen LogP contribution in [0.15, 0.2) is 5.10 Å². The maximum absolute atomic E-state index is 12.8. The largest absolute Gasteiger partial charge is 0.273 e. The minimum Gasteiger partial charge on any atom is -0.273 e. The molecule has 0 aromatic heterocycles. The first-order chi connectivity index (χ1) is 5.11. The molecular formula is C7H14FN3. The number of hydrogen-bond acceptors (Lipinski definition) is 3. The van der Waals surface area contributed by atoms with Gasteiger partial charge in [0.15, 0.2) is 0 Å². The fraction of sp³-hybridized carbons (Fsp3) is 0.857. The summed E-state index contributed by atoms with van der Waals surface area (Å²) in [4.78, 5) is 0. The van der Waals surface area contributed by atoms with Crippen molar-refractivity contribution in [3.63, 3.8) is 0 Å². The van der Waals surface area contributed by atoms with Crippen molar-refractivity contribution in [2.45, 2.75) is 26.4 Å². The Labute approximate surface area is 66.4 Å². The SMILES string of the molecule is CC(C)CC1N(F)C=NN1C. The van der Waals surface area contributed by atoms with Crippen molar-refractivity contribution in [3.8, 4) is 0 Å². The first-order valence-corrected chi connectivity index (χ1v) is 3.82. The Morgan fingerprint density at radius 2 is 2.27 bits per heavy atom. The van der Waals surface area contributed by atoms with E-state index in [0.717, 1.165) is 6.42 Å². The lowest BCUT2D eigenvalue weighted by Crippen LogP contribution is -2.33. The molecule has 0 N–H and O–H groups in total. The Balaban J connectivity index is 2.45. The van der Waals surface area contributed by atoms with Crippen LogP contribution in [0.4, 0.5) is 4.48 Å². The highest BCUT2D eigenvalue weighted by atomic mass is 19.2.